The topological polar surface area (TPSA) is 46.6 Å². The quantitative estimate of drug-likeness (QED) is 0.730. The van der Waals surface area contributed by atoms with Crippen LogP contribution in [0.4, 0.5) is 14.9 Å². The Hall–Kier alpha value is -2.40. The largest absolute Gasteiger partial charge is 0.443 e. The van der Waals surface area contributed by atoms with Crippen LogP contribution in [0.15, 0.2) is 48.5 Å². The van der Waals surface area contributed by atoms with Gasteiger partial charge in [0.25, 0.3) is 5.91 Å². The summed E-state index contributed by atoms with van der Waals surface area (Å²) in [6.07, 6.45) is -0.920. The van der Waals surface area contributed by atoms with Crippen LogP contribution in [0.25, 0.3) is 0 Å². The first kappa shape index (κ1) is 17.4. The summed E-state index contributed by atoms with van der Waals surface area (Å²) in [5.41, 5.74) is -3.02. The fraction of sp³-hybridized carbons (Fsp3) is 0.263. The number of nitrogens with zero attached hydrogens (tertiary/aromatic N) is 1. The summed E-state index contributed by atoms with van der Waals surface area (Å²) in [6, 6.07) is 12.3. The Labute approximate surface area is 150 Å². The lowest BCUT2D eigenvalue weighted by atomic mass is 9.89. The van der Waals surface area contributed by atoms with Gasteiger partial charge in [0.2, 0.25) is 5.67 Å². The van der Waals surface area contributed by atoms with E-state index >= 15 is 4.39 Å². The summed E-state index contributed by atoms with van der Waals surface area (Å²) in [5.74, 6) is -1.01. The Kier molecular flexibility index (Phi) is 4.07. The average molecular weight is 362 g/mol. The van der Waals surface area contributed by atoms with Crippen molar-refractivity contribution in [3.8, 4) is 0 Å². The molecule has 25 heavy (non-hydrogen) atoms. The van der Waals surface area contributed by atoms with Crippen LogP contribution in [0.1, 0.15) is 31.9 Å². The first-order chi connectivity index (χ1) is 11.6. The third kappa shape index (κ3) is 2.89. The second-order valence-electron chi connectivity index (χ2n) is 6.81. The summed E-state index contributed by atoms with van der Waals surface area (Å²) in [4.78, 5) is 26.2. The zero-order chi connectivity index (χ0) is 18.4. The minimum absolute atomic E-state index is 0.0297. The summed E-state index contributed by atoms with van der Waals surface area (Å²) in [7, 11) is 0. The lowest BCUT2D eigenvalue weighted by Gasteiger charge is -2.24. The van der Waals surface area contributed by atoms with E-state index in [2.05, 4.69) is 0 Å². The number of hydrogen-bond donors (Lipinski definition) is 0. The standard InChI is InChI=1S/C19H17ClFNO3/c1-18(2,3)25-17(24)22-15-10-9-13(20)11-14(15)19(21,16(22)23)12-7-5-4-6-8-12/h4-11H,1-3H3. The first-order valence-electron chi connectivity index (χ1n) is 7.76. The predicted octanol–water partition coefficient (Wildman–Crippen LogP) is 4.83. The van der Waals surface area contributed by atoms with E-state index in [1.54, 1.807) is 39.0 Å². The molecule has 2 aromatic rings. The second-order valence-corrected chi connectivity index (χ2v) is 7.24. The maximum atomic E-state index is 16.0. The molecule has 0 spiro atoms. The molecule has 130 valence electrons. The van der Waals surface area contributed by atoms with Crippen LogP contribution in [0, 0.1) is 0 Å². The van der Waals surface area contributed by atoms with Crippen LogP contribution in [0.2, 0.25) is 5.02 Å². The molecule has 0 bridgehead atoms. The zero-order valence-corrected chi connectivity index (χ0v) is 14.8. The second kappa shape index (κ2) is 5.85. The van der Waals surface area contributed by atoms with E-state index in [0.717, 1.165) is 4.90 Å². The van der Waals surface area contributed by atoms with Gasteiger partial charge >= 0.3 is 6.09 Å². The molecule has 4 nitrogen and oxygen atoms in total. The number of benzene rings is 2. The summed E-state index contributed by atoms with van der Waals surface area (Å²) >= 11 is 6.01. The van der Waals surface area contributed by atoms with Gasteiger partial charge in [-0.25, -0.2) is 14.1 Å². The number of anilines is 1. The molecule has 1 heterocycles. The number of carbonyl (C=O) groups is 2. The van der Waals surface area contributed by atoms with Crippen molar-refractivity contribution in [2.24, 2.45) is 0 Å². The number of imide groups is 1. The Balaban J connectivity index is 2.17. The van der Waals surface area contributed by atoms with Crippen molar-refractivity contribution < 1.29 is 18.7 Å². The Morgan fingerprint density at radius 3 is 2.40 bits per heavy atom. The molecule has 0 N–H and O–H groups in total. The molecule has 0 aliphatic carbocycles. The SMILES string of the molecule is CC(C)(C)OC(=O)N1C(=O)C(F)(c2ccccc2)c2cc(Cl)ccc21. The number of hydrogen-bond acceptors (Lipinski definition) is 3. The highest BCUT2D eigenvalue weighted by atomic mass is 35.5. The highest BCUT2D eigenvalue weighted by molar-refractivity contribution is 6.31. The van der Waals surface area contributed by atoms with E-state index in [-0.39, 0.29) is 21.8 Å². The fourth-order valence-electron chi connectivity index (χ4n) is 2.79. The minimum atomic E-state index is -2.50. The third-order valence-corrected chi connectivity index (χ3v) is 4.05. The normalized spacial score (nSPS) is 19.7. The highest BCUT2D eigenvalue weighted by Crippen LogP contribution is 2.48. The molecule has 1 unspecified atom stereocenters. The number of amides is 2. The summed E-state index contributed by atoms with van der Waals surface area (Å²) in [6.45, 7) is 5.02. The molecule has 1 atom stereocenters. The van der Waals surface area contributed by atoms with E-state index in [9.17, 15) is 9.59 Å². The highest BCUT2D eigenvalue weighted by Gasteiger charge is 2.56. The molecule has 3 rings (SSSR count). The van der Waals surface area contributed by atoms with E-state index in [1.165, 1.54) is 30.3 Å². The molecular weight excluding hydrogens is 345 g/mol. The van der Waals surface area contributed by atoms with Crippen molar-refractivity contribution in [2.75, 3.05) is 4.90 Å². The van der Waals surface area contributed by atoms with Gasteiger partial charge in [-0.15, -0.1) is 0 Å². The van der Waals surface area contributed by atoms with Gasteiger partial charge in [-0.3, -0.25) is 4.79 Å². The maximum absolute atomic E-state index is 16.0. The molecule has 0 fully saturated rings. The number of ether oxygens (including phenoxy) is 1. The molecule has 2 aromatic carbocycles. The van der Waals surface area contributed by atoms with Crippen LogP contribution < -0.4 is 4.90 Å². The smallest absolute Gasteiger partial charge is 0.421 e. The summed E-state index contributed by atoms with van der Waals surface area (Å²) < 4.78 is 21.3. The fourth-order valence-corrected chi connectivity index (χ4v) is 2.97. The summed E-state index contributed by atoms with van der Waals surface area (Å²) in [5, 5.41) is 0.274. The molecule has 0 saturated heterocycles. The van der Waals surface area contributed by atoms with Gasteiger partial charge in [-0.1, -0.05) is 41.9 Å². The lowest BCUT2D eigenvalue weighted by Crippen LogP contribution is -2.44. The van der Waals surface area contributed by atoms with Gasteiger partial charge < -0.3 is 4.74 Å². The number of halogens is 2. The minimum Gasteiger partial charge on any atom is -0.443 e. The molecule has 1 aliphatic heterocycles. The van der Waals surface area contributed by atoms with Crippen LogP contribution in [0.5, 0.6) is 0 Å². The van der Waals surface area contributed by atoms with E-state index in [0.29, 0.717) is 0 Å². The molecule has 2 amide bonds. The first-order valence-corrected chi connectivity index (χ1v) is 8.14. The monoisotopic (exact) mass is 361 g/mol. The van der Waals surface area contributed by atoms with Gasteiger partial charge in [-0.2, -0.15) is 0 Å². The molecule has 1 aliphatic rings. The molecule has 0 saturated carbocycles. The van der Waals surface area contributed by atoms with Crippen molar-refractivity contribution in [3.63, 3.8) is 0 Å². The molecule has 6 heteroatoms. The van der Waals surface area contributed by atoms with Crippen LogP contribution in [0.3, 0.4) is 0 Å². The van der Waals surface area contributed by atoms with Crippen molar-refractivity contribution in [1.82, 2.24) is 0 Å². The predicted molar refractivity (Wildman–Crippen MR) is 93.5 cm³/mol. The maximum Gasteiger partial charge on any atom is 0.421 e. The van der Waals surface area contributed by atoms with Crippen molar-refractivity contribution in [1.29, 1.82) is 0 Å². The van der Waals surface area contributed by atoms with Crippen molar-refractivity contribution >= 4 is 29.3 Å². The number of rotatable bonds is 1. The third-order valence-electron chi connectivity index (χ3n) is 3.82. The zero-order valence-electron chi connectivity index (χ0n) is 14.0. The lowest BCUT2D eigenvalue weighted by molar-refractivity contribution is -0.126. The van der Waals surface area contributed by atoms with Gasteiger partial charge in [0.1, 0.15) is 5.60 Å². The van der Waals surface area contributed by atoms with E-state index in [4.69, 9.17) is 16.3 Å². The molecule has 0 aromatic heterocycles. The van der Waals surface area contributed by atoms with Crippen molar-refractivity contribution in [2.45, 2.75) is 32.0 Å². The van der Waals surface area contributed by atoms with E-state index < -0.39 is 23.3 Å². The Morgan fingerprint density at radius 2 is 1.80 bits per heavy atom. The number of carbonyl (C=O) groups excluding carboxylic acids is 2. The van der Waals surface area contributed by atoms with Gasteiger partial charge in [0, 0.05) is 16.1 Å². The molecular formula is C19H17ClFNO3. The van der Waals surface area contributed by atoms with Crippen LogP contribution in [-0.2, 0) is 15.2 Å². The van der Waals surface area contributed by atoms with Gasteiger partial charge in [-0.05, 0) is 39.0 Å². The Morgan fingerprint density at radius 1 is 1.16 bits per heavy atom. The van der Waals surface area contributed by atoms with Crippen LogP contribution in [-0.4, -0.2) is 17.6 Å². The number of fused-ring (bicyclic) bond motifs is 1. The van der Waals surface area contributed by atoms with Crippen LogP contribution >= 0.6 is 11.6 Å². The van der Waals surface area contributed by atoms with E-state index in [1.807, 2.05) is 0 Å². The van der Waals surface area contributed by atoms with Gasteiger partial charge in [0.15, 0.2) is 0 Å². The number of alkyl halides is 1. The van der Waals surface area contributed by atoms with Crippen molar-refractivity contribution in [3.05, 3.63) is 64.7 Å². The van der Waals surface area contributed by atoms with Gasteiger partial charge in [0.05, 0.1) is 5.69 Å². The Bertz CT molecular complexity index is 847. The molecule has 0 radical (unpaired) electrons. The average Bonchev–Trinajstić information content (AvgIpc) is 2.76.